The summed E-state index contributed by atoms with van der Waals surface area (Å²) < 4.78 is 7.81. The maximum Gasteiger partial charge on any atom is 0.293 e. The summed E-state index contributed by atoms with van der Waals surface area (Å²) >= 11 is 0. The molecule has 2 aliphatic rings. The van der Waals surface area contributed by atoms with Crippen LogP contribution in [0.5, 0.6) is 5.75 Å². The van der Waals surface area contributed by atoms with E-state index in [2.05, 4.69) is 10.3 Å². The molecule has 7 nitrogen and oxygen atoms in total. The average molecular weight is 340 g/mol. The van der Waals surface area contributed by atoms with Crippen LogP contribution in [0.1, 0.15) is 23.2 Å². The molecule has 0 radical (unpaired) electrons. The second-order valence-corrected chi connectivity index (χ2v) is 6.62. The molecule has 1 fully saturated rings. The monoisotopic (exact) mass is 340 g/mol. The van der Waals surface area contributed by atoms with Crippen molar-refractivity contribution >= 4 is 11.7 Å². The van der Waals surface area contributed by atoms with Crippen LogP contribution in [0.4, 0.5) is 5.82 Å². The predicted octanol–water partition coefficient (Wildman–Crippen LogP) is 0.942. The van der Waals surface area contributed by atoms with Crippen LogP contribution in [0.25, 0.3) is 0 Å². The Morgan fingerprint density at radius 3 is 2.76 bits per heavy atom. The number of ether oxygens (including phenoxy) is 1. The third-order valence-electron chi connectivity index (χ3n) is 5.00. The van der Waals surface area contributed by atoms with Crippen molar-refractivity contribution in [3.8, 4) is 5.75 Å². The molecular weight excluding hydrogens is 320 g/mol. The number of carbonyl (C=O) groups excluding carboxylic acids is 1. The van der Waals surface area contributed by atoms with Gasteiger partial charge in [-0.1, -0.05) is 12.1 Å². The fourth-order valence-corrected chi connectivity index (χ4v) is 3.46. The fourth-order valence-electron chi connectivity index (χ4n) is 3.46. The lowest BCUT2D eigenvalue weighted by atomic mass is 9.91. The smallest absolute Gasteiger partial charge is 0.293 e. The number of carbonyl (C=O) groups is 1. The minimum Gasteiger partial charge on any atom is -0.484 e. The van der Waals surface area contributed by atoms with Crippen LogP contribution < -0.4 is 20.5 Å². The molecule has 2 aromatic rings. The normalized spacial score (nSPS) is 18.9. The summed E-state index contributed by atoms with van der Waals surface area (Å²) in [4.78, 5) is 30.8. The summed E-state index contributed by atoms with van der Waals surface area (Å²) in [5, 5.41) is 2.97. The zero-order valence-electron chi connectivity index (χ0n) is 14.1. The van der Waals surface area contributed by atoms with Crippen LogP contribution in [-0.2, 0) is 7.05 Å². The number of piperidine rings is 1. The Morgan fingerprint density at radius 2 is 1.96 bits per heavy atom. The van der Waals surface area contributed by atoms with Crippen molar-refractivity contribution in [3.63, 3.8) is 0 Å². The van der Waals surface area contributed by atoms with Crippen molar-refractivity contribution in [3.05, 3.63) is 52.6 Å². The minimum atomic E-state index is -0.446. The zero-order chi connectivity index (χ0) is 17.4. The number of hydrogen-bond donors (Lipinski definition) is 1. The molecule has 0 aliphatic carbocycles. The maximum atomic E-state index is 12.3. The molecule has 4 rings (SSSR count). The van der Waals surface area contributed by atoms with Gasteiger partial charge in [0, 0.05) is 45.4 Å². The van der Waals surface area contributed by atoms with Gasteiger partial charge in [0.15, 0.2) is 5.82 Å². The van der Waals surface area contributed by atoms with Gasteiger partial charge in [-0.3, -0.25) is 9.59 Å². The molecule has 0 bridgehead atoms. The van der Waals surface area contributed by atoms with Gasteiger partial charge < -0.3 is 19.5 Å². The van der Waals surface area contributed by atoms with E-state index in [1.54, 1.807) is 25.5 Å². The molecule has 25 heavy (non-hydrogen) atoms. The van der Waals surface area contributed by atoms with E-state index in [9.17, 15) is 9.59 Å². The molecule has 130 valence electrons. The third-order valence-corrected chi connectivity index (χ3v) is 5.00. The highest BCUT2D eigenvalue weighted by Crippen LogP contribution is 2.33. The predicted molar refractivity (Wildman–Crippen MR) is 93.1 cm³/mol. The van der Waals surface area contributed by atoms with E-state index < -0.39 is 5.60 Å². The largest absolute Gasteiger partial charge is 0.484 e. The van der Waals surface area contributed by atoms with E-state index >= 15 is 0 Å². The SMILES string of the molecule is Cn1ccnc(N2CCC3(CC2)CNC(=O)c2ccccc2O3)c1=O. The Kier molecular flexibility index (Phi) is 3.71. The summed E-state index contributed by atoms with van der Waals surface area (Å²) in [6.07, 6.45) is 4.71. The molecule has 1 aromatic carbocycles. The van der Waals surface area contributed by atoms with E-state index in [0.717, 1.165) is 0 Å². The summed E-state index contributed by atoms with van der Waals surface area (Å²) in [7, 11) is 1.72. The van der Waals surface area contributed by atoms with Gasteiger partial charge in [0.1, 0.15) is 11.4 Å². The van der Waals surface area contributed by atoms with Gasteiger partial charge in [0.2, 0.25) is 0 Å². The van der Waals surface area contributed by atoms with Gasteiger partial charge >= 0.3 is 0 Å². The number of nitrogens with one attached hydrogen (secondary N) is 1. The highest BCUT2D eigenvalue weighted by Gasteiger charge is 2.40. The van der Waals surface area contributed by atoms with E-state index in [-0.39, 0.29) is 11.5 Å². The molecule has 0 unspecified atom stereocenters. The molecule has 1 N–H and O–H groups in total. The number of aromatic nitrogens is 2. The van der Waals surface area contributed by atoms with Gasteiger partial charge in [-0.05, 0) is 12.1 Å². The van der Waals surface area contributed by atoms with Crippen LogP contribution in [-0.4, -0.2) is 40.7 Å². The summed E-state index contributed by atoms with van der Waals surface area (Å²) in [6.45, 7) is 1.78. The van der Waals surface area contributed by atoms with Gasteiger partial charge in [-0.15, -0.1) is 0 Å². The lowest BCUT2D eigenvalue weighted by Crippen LogP contribution is -2.54. The first-order chi connectivity index (χ1) is 12.1. The first-order valence-electron chi connectivity index (χ1n) is 8.41. The Bertz CT molecular complexity index is 869. The number of nitrogens with zero attached hydrogens (tertiary/aromatic N) is 3. The molecule has 2 aliphatic heterocycles. The van der Waals surface area contributed by atoms with Crippen molar-refractivity contribution in [1.29, 1.82) is 0 Å². The van der Waals surface area contributed by atoms with Crippen LogP contribution in [0.2, 0.25) is 0 Å². The molecule has 3 heterocycles. The van der Waals surface area contributed by atoms with Crippen molar-refractivity contribution in [1.82, 2.24) is 14.9 Å². The highest BCUT2D eigenvalue weighted by atomic mass is 16.5. The Hall–Kier alpha value is -2.83. The lowest BCUT2D eigenvalue weighted by Gasteiger charge is -2.41. The molecule has 0 atom stereocenters. The second-order valence-electron chi connectivity index (χ2n) is 6.62. The van der Waals surface area contributed by atoms with Crippen molar-refractivity contribution in [2.24, 2.45) is 7.05 Å². The van der Waals surface area contributed by atoms with Gasteiger partial charge in [-0.25, -0.2) is 4.98 Å². The molecule has 1 spiro atoms. The van der Waals surface area contributed by atoms with Crippen LogP contribution >= 0.6 is 0 Å². The molecule has 0 saturated carbocycles. The van der Waals surface area contributed by atoms with E-state index in [0.29, 0.717) is 49.6 Å². The number of benzene rings is 1. The number of hydrogen-bond acceptors (Lipinski definition) is 5. The van der Waals surface area contributed by atoms with Crippen molar-refractivity contribution in [2.45, 2.75) is 18.4 Å². The number of anilines is 1. The topological polar surface area (TPSA) is 76.5 Å². The second kappa shape index (κ2) is 5.91. The van der Waals surface area contributed by atoms with E-state index in [1.807, 2.05) is 23.1 Å². The molecule has 7 heteroatoms. The number of fused-ring (bicyclic) bond motifs is 1. The van der Waals surface area contributed by atoms with E-state index in [1.165, 1.54) is 4.57 Å². The highest BCUT2D eigenvalue weighted by molar-refractivity contribution is 5.97. The molecule has 1 saturated heterocycles. The van der Waals surface area contributed by atoms with Crippen LogP contribution in [0, 0.1) is 0 Å². The number of aryl methyl sites for hydroxylation is 1. The Morgan fingerprint density at radius 1 is 1.20 bits per heavy atom. The van der Waals surface area contributed by atoms with Crippen molar-refractivity contribution < 1.29 is 9.53 Å². The molecule has 1 aromatic heterocycles. The van der Waals surface area contributed by atoms with Crippen LogP contribution in [0.15, 0.2) is 41.5 Å². The summed E-state index contributed by atoms with van der Waals surface area (Å²) in [5.41, 5.74) is 0.0259. The Labute approximate surface area is 145 Å². The van der Waals surface area contributed by atoms with Crippen LogP contribution in [0.3, 0.4) is 0 Å². The third kappa shape index (κ3) is 2.75. The lowest BCUT2D eigenvalue weighted by molar-refractivity contribution is 0.0471. The standard InChI is InChI=1S/C18H20N4O3/c1-21-11-8-19-15(17(21)24)22-9-6-18(7-10-22)12-20-16(23)13-4-2-3-5-14(13)25-18/h2-5,8,11H,6-7,9-10,12H2,1H3,(H,20,23). The van der Waals surface area contributed by atoms with Gasteiger partial charge in [0.05, 0.1) is 12.1 Å². The molecule has 1 amide bonds. The van der Waals surface area contributed by atoms with Crippen molar-refractivity contribution in [2.75, 3.05) is 24.5 Å². The number of rotatable bonds is 1. The number of para-hydroxylation sites is 1. The summed E-state index contributed by atoms with van der Waals surface area (Å²) in [5.74, 6) is 0.992. The maximum absolute atomic E-state index is 12.3. The molecular formula is C18H20N4O3. The Balaban J connectivity index is 1.56. The minimum absolute atomic E-state index is 0.0983. The number of amides is 1. The zero-order valence-corrected chi connectivity index (χ0v) is 14.1. The first-order valence-corrected chi connectivity index (χ1v) is 8.41. The first kappa shape index (κ1) is 15.7. The fraction of sp³-hybridized carbons (Fsp3) is 0.389. The van der Waals surface area contributed by atoms with Gasteiger partial charge in [0.25, 0.3) is 11.5 Å². The quantitative estimate of drug-likeness (QED) is 0.836. The van der Waals surface area contributed by atoms with E-state index in [4.69, 9.17) is 4.74 Å². The average Bonchev–Trinajstić information content (AvgIpc) is 2.76. The summed E-state index contributed by atoms with van der Waals surface area (Å²) in [6, 6.07) is 7.32. The van der Waals surface area contributed by atoms with Gasteiger partial charge in [-0.2, -0.15) is 0 Å².